The van der Waals surface area contributed by atoms with E-state index >= 15 is 0 Å². The molecule has 2 aromatic rings. The summed E-state index contributed by atoms with van der Waals surface area (Å²) in [4.78, 5) is 4.27. The zero-order valence-corrected chi connectivity index (χ0v) is 12.0. The van der Waals surface area contributed by atoms with Gasteiger partial charge in [0.25, 0.3) is 5.89 Å². The van der Waals surface area contributed by atoms with E-state index in [2.05, 4.69) is 10.1 Å². The van der Waals surface area contributed by atoms with E-state index in [9.17, 15) is 4.39 Å². The molecule has 0 spiro atoms. The molecule has 2 N–H and O–H groups in total. The van der Waals surface area contributed by atoms with Crippen molar-refractivity contribution in [2.45, 2.75) is 31.5 Å². The van der Waals surface area contributed by atoms with Crippen LogP contribution in [-0.4, -0.2) is 22.8 Å². The molecule has 2 unspecified atom stereocenters. The Balaban J connectivity index is 1.72. The Labute approximate surface area is 126 Å². The predicted molar refractivity (Wildman–Crippen MR) is 74.4 cm³/mol. The second-order valence-corrected chi connectivity index (χ2v) is 5.41. The van der Waals surface area contributed by atoms with Crippen molar-refractivity contribution >= 4 is 11.6 Å². The largest absolute Gasteiger partial charge is 0.364 e. The molecule has 0 radical (unpaired) electrons. The van der Waals surface area contributed by atoms with Gasteiger partial charge < -0.3 is 15.0 Å². The number of hydrogen-bond donors (Lipinski definition) is 1. The lowest BCUT2D eigenvalue weighted by atomic mass is 10.1. The van der Waals surface area contributed by atoms with Crippen LogP contribution in [0.5, 0.6) is 0 Å². The first-order valence-corrected chi connectivity index (χ1v) is 7.16. The normalized spacial score (nSPS) is 21.9. The van der Waals surface area contributed by atoms with Crippen LogP contribution in [0.15, 0.2) is 22.7 Å². The van der Waals surface area contributed by atoms with Crippen molar-refractivity contribution in [3.63, 3.8) is 0 Å². The van der Waals surface area contributed by atoms with Crippen molar-refractivity contribution in [3.8, 4) is 0 Å². The lowest BCUT2D eigenvalue weighted by Gasteiger charge is -2.07. The Morgan fingerprint density at radius 3 is 3.00 bits per heavy atom. The van der Waals surface area contributed by atoms with Crippen LogP contribution in [-0.2, 0) is 11.2 Å². The number of aromatic nitrogens is 2. The number of benzene rings is 1. The third-order valence-corrected chi connectivity index (χ3v) is 3.80. The molecule has 112 valence electrons. The Morgan fingerprint density at radius 1 is 1.38 bits per heavy atom. The molecule has 3 rings (SSSR count). The van der Waals surface area contributed by atoms with Gasteiger partial charge in [-0.1, -0.05) is 28.9 Å². The molecule has 5 nitrogen and oxygen atoms in total. The minimum Gasteiger partial charge on any atom is -0.364 e. The minimum absolute atomic E-state index is 0.0377. The third kappa shape index (κ3) is 3.07. The molecule has 1 fully saturated rings. The molecule has 7 heteroatoms. The van der Waals surface area contributed by atoms with E-state index in [0.29, 0.717) is 23.8 Å². The molecular weight excluding hydrogens is 297 g/mol. The van der Waals surface area contributed by atoms with Crippen molar-refractivity contribution < 1.29 is 13.7 Å². The molecule has 2 atom stereocenters. The molecule has 0 aliphatic carbocycles. The molecule has 1 aromatic carbocycles. The summed E-state index contributed by atoms with van der Waals surface area (Å²) in [5.41, 5.74) is 6.00. The maximum atomic E-state index is 13.8. The Bertz CT molecular complexity index is 634. The van der Waals surface area contributed by atoms with Crippen LogP contribution in [0, 0.1) is 5.82 Å². The first-order valence-electron chi connectivity index (χ1n) is 6.78. The van der Waals surface area contributed by atoms with Gasteiger partial charge in [0.2, 0.25) is 0 Å². The number of ether oxygens (including phenoxy) is 1. The fraction of sp³-hybridized carbons (Fsp3) is 0.429. The fourth-order valence-electron chi connectivity index (χ4n) is 2.39. The zero-order chi connectivity index (χ0) is 14.8. The predicted octanol–water partition coefficient (Wildman–Crippen LogP) is 2.63. The molecular formula is C14H15ClFN3O2. The zero-order valence-electron chi connectivity index (χ0n) is 11.3. The van der Waals surface area contributed by atoms with E-state index in [1.54, 1.807) is 12.1 Å². The molecule has 1 aromatic heterocycles. The van der Waals surface area contributed by atoms with Crippen LogP contribution >= 0.6 is 11.6 Å². The van der Waals surface area contributed by atoms with Gasteiger partial charge in [-0.15, -0.1) is 0 Å². The number of halogens is 2. The summed E-state index contributed by atoms with van der Waals surface area (Å²) in [5, 5.41) is 3.95. The highest BCUT2D eigenvalue weighted by Crippen LogP contribution is 2.31. The van der Waals surface area contributed by atoms with Gasteiger partial charge in [-0.25, -0.2) is 4.39 Å². The van der Waals surface area contributed by atoms with Gasteiger partial charge in [-0.3, -0.25) is 0 Å². The monoisotopic (exact) mass is 311 g/mol. The highest BCUT2D eigenvalue weighted by molar-refractivity contribution is 6.30. The average Bonchev–Trinajstić information content (AvgIpc) is 3.12. The third-order valence-electron chi connectivity index (χ3n) is 3.51. The van der Waals surface area contributed by atoms with Crippen LogP contribution < -0.4 is 5.73 Å². The Kier molecular flexibility index (Phi) is 4.19. The van der Waals surface area contributed by atoms with Gasteiger partial charge in [-0.2, -0.15) is 4.98 Å². The second kappa shape index (κ2) is 6.09. The number of nitrogens with zero attached hydrogens (tertiary/aromatic N) is 2. The van der Waals surface area contributed by atoms with Crippen LogP contribution in [0.4, 0.5) is 4.39 Å². The van der Waals surface area contributed by atoms with Crippen molar-refractivity contribution in [1.82, 2.24) is 10.1 Å². The van der Waals surface area contributed by atoms with Gasteiger partial charge in [0.05, 0.1) is 11.1 Å². The van der Waals surface area contributed by atoms with Gasteiger partial charge >= 0.3 is 0 Å². The minimum atomic E-state index is -0.453. The van der Waals surface area contributed by atoms with Crippen LogP contribution in [0.25, 0.3) is 0 Å². The Hall–Kier alpha value is -1.50. The summed E-state index contributed by atoms with van der Waals surface area (Å²) in [6.07, 6.45) is 1.72. The summed E-state index contributed by atoms with van der Waals surface area (Å²) < 4.78 is 24.7. The number of rotatable bonds is 4. The second-order valence-electron chi connectivity index (χ2n) is 5.00. The average molecular weight is 312 g/mol. The van der Waals surface area contributed by atoms with Crippen molar-refractivity contribution in [2.24, 2.45) is 5.73 Å². The molecule has 0 amide bonds. The highest BCUT2D eigenvalue weighted by Gasteiger charge is 2.29. The van der Waals surface area contributed by atoms with Crippen LogP contribution in [0.1, 0.15) is 36.2 Å². The summed E-state index contributed by atoms with van der Waals surface area (Å²) in [6, 6.07) is 4.84. The molecule has 0 bridgehead atoms. The van der Waals surface area contributed by atoms with Crippen molar-refractivity contribution in [3.05, 3.63) is 46.3 Å². The maximum absolute atomic E-state index is 13.8. The van der Waals surface area contributed by atoms with Crippen molar-refractivity contribution in [2.75, 3.05) is 6.54 Å². The molecule has 2 heterocycles. The van der Waals surface area contributed by atoms with Gasteiger partial charge in [0.1, 0.15) is 11.9 Å². The topological polar surface area (TPSA) is 74.2 Å². The molecule has 1 saturated heterocycles. The van der Waals surface area contributed by atoms with Gasteiger partial charge in [0.15, 0.2) is 5.82 Å². The van der Waals surface area contributed by atoms with Gasteiger partial charge in [-0.05, 0) is 24.5 Å². The molecule has 1 aliphatic heterocycles. The van der Waals surface area contributed by atoms with E-state index in [4.69, 9.17) is 26.6 Å². The van der Waals surface area contributed by atoms with Crippen LogP contribution in [0.3, 0.4) is 0 Å². The number of hydrogen-bond acceptors (Lipinski definition) is 5. The molecule has 0 saturated carbocycles. The lowest BCUT2D eigenvalue weighted by Crippen LogP contribution is -2.18. The van der Waals surface area contributed by atoms with E-state index in [1.165, 1.54) is 6.07 Å². The first-order chi connectivity index (χ1) is 10.2. The lowest BCUT2D eigenvalue weighted by molar-refractivity contribution is 0.0307. The summed E-state index contributed by atoms with van der Waals surface area (Å²) in [7, 11) is 0. The van der Waals surface area contributed by atoms with Crippen molar-refractivity contribution in [1.29, 1.82) is 0 Å². The first kappa shape index (κ1) is 14.4. The Morgan fingerprint density at radius 2 is 2.24 bits per heavy atom. The molecule has 1 aliphatic rings. The van der Waals surface area contributed by atoms with E-state index < -0.39 is 5.82 Å². The van der Waals surface area contributed by atoms with E-state index in [-0.39, 0.29) is 23.7 Å². The summed E-state index contributed by atoms with van der Waals surface area (Å²) in [5.74, 6) is 0.375. The van der Waals surface area contributed by atoms with Crippen LogP contribution in [0.2, 0.25) is 5.02 Å². The van der Waals surface area contributed by atoms with Gasteiger partial charge in [0, 0.05) is 13.0 Å². The quantitative estimate of drug-likeness (QED) is 0.939. The number of nitrogens with two attached hydrogens (primary N) is 1. The van der Waals surface area contributed by atoms with E-state index in [1.807, 2.05) is 0 Å². The summed E-state index contributed by atoms with van der Waals surface area (Å²) in [6.45, 7) is 0.477. The smallest absolute Gasteiger partial charge is 0.255 e. The highest BCUT2D eigenvalue weighted by atomic mass is 35.5. The molecule has 21 heavy (non-hydrogen) atoms. The van der Waals surface area contributed by atoms with E-state index in [0.717, 1.165) is 12.8 Å². The maximum Gasteiger partial charge on any atom is 0.255 e. The fourth-order valence-corrected chi connectivity index (χ4v) is 2.58. The standard InChI is InChI=1S/C14H15ClFN3O2/c15-10-3-1-2-8(13(10)16)6-12-18-14(21-19-12)11-5-4-9(7-17)20-11/h1-3,9,11H,4-7,17H2. The summed E-state index contributed by atoms with van der Waals surface area (Å²) >= 11 is 5.75. The SMILES string of the molecule is NCC1CCC(c2nc(Cc3cccc(Cl)c3F)no2)O1.